The lowest BCUT2D eigenvalue weighted by Crippen LogP contribution is -2.51. The zero-order chi connectivity index (χ0) is 18.1. The summed E-state index contributed by atoms with van der Waals surface area (Å²) in [7, 11) is 0. The highest BCUT2D eigenvalue weighted by molar-refractivity contribution is 5.86. The van der Waals surface area contributed by atoms with Gasteiger partial charge in [0.25, 0.3) is 5.91 Å². The lowest BCUT2D eigenvalue weighted by Gasteiger charge is -2.36. The SMILES string of the molecule is CC(N)=NCCNC(=O)C1(C)CCc2c(C)c(O)c(C)c(C)c2O1.Cl. The molecule has 0 bridgehead atoms. The van der Waals surface area contributed by atoms with Crippen LogP contribution in [0.2, 0.25) is 0 Å². The zero-order valence-electron chi connectivity index (χ0n) is 15.5. The Bertz CT molecular complexity index is 700. The van der Waals surface area contributed by atoms with Gasteiger partial charge in [-0.1, -0.05) is 0 Å². The fourth-order valence-corrected chi connectivity index (χ4v) is 3.00. The molecule has 1 atom stereocenters. The number of carbonyl (C=O) groups is 1. The van der Waals surface area contributed by atoms with Crippen LogP contribution in [0.3, 0.4) is 0 Å². The molecular formula is C18H28ClN3O3. The second-order valence-electron chi connectivity index (χ2n) is 6.64. The van der Waals surface area contributed by atoms with E-state index in [9.17, 15) is 9.90 Å². The number of ether oxygens (including phenoxy) is 1. The fourth-order valence-electron chi connectivity index (χ4n) is 3.00. The summed E-state index contributed by atoms with van der Waals surface area (Å²) in [4.78, 5) is 16.6. The first-order chi connectivity index (χ1) is 11.2. The molecule has 1 aromatic rings. The molecular weight excluding hydrogens is 342 g/mol. The molecule has 1 aliphatic rings. The van der Waals surface area contributed by atoms with Gasteiger partial charge in [-0.25, -0.2) is 0 Å². The molecule has 1 amide bonds. The topological polar surface area (TPSA) is 96.9 Å². The molecule has 6 nitrogen and oxygen atoms in total. The van der Waals surface area contributed by atoms with Gasteiger partial charge in [-0.3, -0.25) is 9.79 Å². The first kappa shape index (κ1) is 21.1. The summed E-state index contributed by atoms with van der Waals surface area (Å²) in [5.41, 5.74) is 8.06. The number of carbonyl (C=O) groups excluding carboxylic acids is 1. The maximum Gasteiger partial charge on any atom is 0.263 e. The maximum atomic E-state index is 12.6. The van der Waals surface area contributed by atoms with Crippen molar-refractivity contribution < 1.29 is 14.6 Å². The van der Waals surface area contributed by atoms with Crippen LogP contribution < -0.4 is 15.8 Å². The third-order valence-electron chi connectivity index (χ3n) is 4.76. The number of hydrogen-bond acceptors (Lipinski definition) is 4. The Balaban J connectivity index is 0.00000312. The Kier molecular flexibility index (Phi) is 6.71. The van der Waals surface area contributed by atoms with E-state index in [1.54, 1.807) is 13.8 Å². The van der Waals surface area contributed by atoms with Crippen LogP contribution in [-0.2, 0) is 11.2 Å². The van der Waals surface area contributed by atoms with Gasteiger partial charge in [0.1, 0.15) is 11.5 Å². The van der Waals surface area contributed by atoms with Crippen molar-refractivity contribution in [3.8, 4) is 11.5 Å². The lowest BCUT2D eigenvalue weighted by molar-refractivity contribution is -0.136. The molecule has 7 heteroatoms. The number of fused-ring (bicyclic) bond motifs is 1. The van der Waals surface area contributed by atoms with Crippen molar-refractivity contribution in [2.75, 3.05) is 13.1 Å². The van der Waals surface area contributed by atoms with E-state index < -0.39 is 5.60 Å². The van der Waals surface area contributed by atoms with Gasteiger partial charge in [0.2, 0.25) is 0 Å². The molecule has 140 valence electrons. The lowest BCUT2D eigenvalue weighted by atomic mass is 9.86. The molecule has 0 saturated heterocycles. The fraction of sp³-hybridized carbons (Fsp3) is 0.556. The largest absolute Gasteiger partial charge is 0.507 e. The standard InChI is InChI=1S/C18H27N3O3.ClH/c1-10-11(2)16-14(12(3)15(10)22)6-7-18(5,24-16)17(23)21-9-8-20-13(4)19;/h22H,6-9H2,1-5H3,(H2,19,20)(H,21,23);1H. The number of amides is 1. The third-order valence-corrected chi connectivity index (χ3v) is 4.76. The molecule has 2 rings (SSSR count). The zero-order valence-corrected chi connectivity index (χ0v) is 16.3. The Morgan fingerprint density at radius 3 is 2.56 bits per heavy atom. The van der Waals surface area contributed by atoms with Crippen LogP contribution in [0.15, 0.2) is 4.99 Å². The minimum absolute atomic E-state index is 0. The van der Waals surface area contributed by atoms with Crippen LogP contribution in [0.1, 0.15) is 42.5 Å². The number of phenols is 1. The average Bonchev–Trinajstić information content (AvgIpc) is 2.54. The minimum atomic E-state index is -0.922. The van der Waals surface area contributed by atoms with E-state index in [2.05, 4.69) is 10.3 Å². The second-order valence-corrected chi connectivity index (χ2v) is 6.64. The van der Waals surface area contributed by atoms with E-state index in [4.69, 9.17) is 10.5 Å². The number of nitrogens with two attached hydrogens (primary N) is 1. The van der Waals surface area contributed by atoms with Gasteiger partial charge in [-0.05, 0) is 57.7 Å². The normalized spacial score (nSPS) is 19.5. The molecule has 0 aliphatic carbocycles. The van der Waals surface area contributed by atoms with Crippen LogP contribution in [0.5, 0.6) is 11.5 Å². The Morgan fingerprint density at radius 2 is 1.96 bits per heavy atom. The highest BCUT2D eigenvalue weighted by Crippen LogP contribution is 2.43. The van der Waals surface area contributed by atoms with Crippen molar-refractivity contribution in [2.24, 2.45) is 10.7 Å². The van der Waals surface area contributed by atoms with E-state index in [0.29, 0.717) is 37.5 Å². The number of phenolic OH excluding ortho intramolecular Hbond substituents is 1. The van der Waals surface area contributed by atoms with Gasteiger partial charge in [0.05, 0.1) is 12.4 Å². The number of benzene rings is 1. The summed E-state index contributed by atoms with van der Waals surface area (Å²) in [6.07, 6.45) is 1.26. The molecule has 25 heavy (non-hydrogen) atoms. The molecule has 1 unspecified atom stereocenters. The summed E-state index contributed by atoms with van der Waals surface area (Å²) in [6, 6.07) is 0. The molecule has 1 aromatic carbocycles. The van der Waals surface area contributed by atoms with Gasteiger partial charge >= 0.3 is 0 Å². The van der Waals surface area contributed by atoms with Gasteiger partial charge in [-0.2, -0.15) is 0 Å². The van der Waals surface area contributed by atoms with E-state index >= 15 is 0 Å². The number of aliphatic imine (C=N–C) groups is 1. The number of rotatable bonds is 4. The molecule has 0 fully saturated rings. The van der Waals surface area contributed by atoms with Crippen molar-refractivity contribution in [2.45, 2.75) is 53.1 Å². The molecule has 0 spiro atoms. The smallest absolute Gasteiger partial charge is 0.263 e. The van der Waals surface area contributed by atoms with Crippen LogP contribution in [-0.4, -0.2) is 35.5 Å². The predicted octanol–water partition coefficient (Wildman–Crippen LogP) is 2.32. The van der Waals surface area contributed by atoms with E-state index in [1.807, 2.05) is 20.8 Å². The number of nitrogens with zero attached hydrogens (tertiary/aromatic N) is 1. The average molecular weight is 370 g/mol. The molecule has 1 aliphatic heterocycles. The van der Waals surface area contributed by atoms with E-state index in [-0.39, 0.29) is 18.3 Å². The second kappa shape index (κ2) is 7.95. The van der Waals surface area contributed by atoms with E-state index in [0.717, 1.165) is 28.0 Å². The van der Waals surface area contributed by atoms with Gasteiger partial charge in [0.15, 0.2) is 5.60 Å². The summed E-state index contributed by atoms with van der Waals surface area (Å²) in [6.45, 7) is 10.1. The summed E-state index contributed by atoms with van der Waals surface area (Å²) in [5.74, 6) is 1.39. The van der Waals surface area contributed by atoms with Gasteiger partial charge in [-0.15, -0.1) is 12.4 Å². The monoisotopic (exact) mass is 369 g/mol. The van der Waals surface area contributed by atoms with Crippen molar-refractivity contribution in [3.63, 3.8) is 0 Å². The molecule has 1 heterocycles. The summed E-state index contributed by atoms with van der Waals surface area (Å²) in [5, 5.41) is 13.1. The first-order valence-corrected chi connectivity index (χ1v) is 8.23. The number of amidine groups is 1. The van der Waals surface area contributed by atoms with Crippen molar-refractivity contribution >= 4 is 24.1 Å². The summed E-state index contributed by atoms with van der Waals surface area (Å²) >= 11 is 0. The molecule has 4 N–H and O–H groups in total. The number of nitrogens with one attached hydrogen (secondary N) is 1. The summed E-state index contributed by atoms with van der Waals surface area (Å²) < 4.78 is 6.12. The van der Waals surface area contributed by atoms with Gasteiger partial charge < -0.3 is 20.9 Å². The Labute approximate surface area is 155 Å². The molecule has 0 saturated carbocycles. The highest BCUT2D eigenvalue weighted by Gasteiger charge is 2.40. The highest BCUT2D eigenvalue weighted by atomic mass is 35.5. The third kappa shape index (κ3) is 4.18. The van der Waals surface area contributed by atoms with Crippen molar-refractivity contribution in [3.05, 3.63) is 22.3 Å². The molecule has 0 aromatic heterocycles. The Morgan fingerprint density at radius 1 is 1.32 bits per heavy atom. The number of aromatic hydroxyl groups is 1. The van der Waals surface area contributed by atoms with Crippen LogP contribution in [0.25, 0.3) is 0 Å². The predicted molar refractivity (Wildman–Crippen MR) is 102 cm³/mol. The quantitative estimate of drug-likeness (QED) is 0.431. The van der Waals surface area contributed by atoms with Gasteiger partial charge in [0, 0.05) is 18.5 Å². The maximum absolute atomic E-state index is 12.6. The van der Waals surface area contributed by atoms with Crippen LogP contribution >= 0.6 is 12.4 Å². The number of hydrogen-bond donors (Lipinski definition) is 3. The van der Waals surface area contributed by atoms with Crippen molar-refractivity contribution in [1.29, 1.82) is 0 Å². The molecule has 0 radical (unpaired) electrons. The Hall–Kier alpha value is -1.95. The van der Waals surface area contributed by atoms with Crippen LogP contribution in [0, 0.1) is 20.8 Å². The minimum Gasteiger partial charge on any atom is -0.507 e. The number of halogens is 1. The van der Waals surface area contributed by atoms with E-state index in [1.165, 1.54) is 0 Å². The van der Waals surface area contributed by atoms with Crippen LogP contribution in [0.4, 0.5) is 0 Å². The van der Waals surface area contributed by atoms with Crippen molar-refractivity contribution in [1.82, 2.24) is 5.32 Å². The first-order valence-electron chi connectivity index (χ1n) is 8.23.